The van der Waals surface area contributed by atoms with Crippen molar-refractivity contribution >= 4 is 17.4 Å². The fraction of sp³-hybridized carbons (Fsp3) is 0.474. The van der Waals surface area contributed by atoms with Gasteiger partial charge in [-0.25, -0.2) is 4.79 Å². The smallest absolute Gasteiger partial charge is 0.416 e. The Morgan fingerprint density at radius 3 is 2.54 bits per heavy atom. The molecule has 1 saturated heterocycles. The van der Waals surface area contributed by atoms with Crippen LogP contribution >= 0.6 is 11.3 Å². The van der Waals surface area contributed by atoms with Crippen LogP contribution in [0.5, 0.6) is 5.75 Å². The molecule has 0 N–H and O–H groups in total. The summed E-state index contributed by atoms with van der Waals surface area (Å²) in [5.74, 6) is 0.845. The van der Waals surface area contributed by atoms with Crippen molar-refractivity contribution in [2.75, 3.05) is 19.7 Å². The highest BCUT2D eigenvalue weighted by atomic mass is 32.1. The number of thiazole rings is 1. The number of alkyl halides is 3. The summed E-state index contributed by atoms with van der Waals surface area (Å²) in [6.45, 7) is 1.94. The van der Waals surface area contributed by atoms with E-state index in [0.29, 0.717) is 31.4 Å². The lowest BCUT2D eigenvalue weighted by molar-refractivity contribution is -0.137. The highest BCUT2D eigenvalue weighted by Crippen LogP contribution is 2.30. The second-order valence-corrected chi connectivity index (χ2v) is 7.58. The van der Waals surface area contributed by atoms with Crippen LogP contribution in [0.25, 0.3) is 0 Å². The Kier molecular flexibility index (Phi) is 6.77. The van der Waals surface area contributed by atoms with E-state index < -0.39 is 11.7 Å². The van der Waals surface area contributed by atoms with Gasteiger partial charge in [0.05, 0.1) is 22.6 Å². The van der Waals surface area contributed by atoms with Crippen molar-refractivity contribution in [1.29, 1.82) is 0 Å². The van der Waals surface area contributed by atoms with Crippen molar-refractivity contribution in [2.24, 2.45) is 5.92 Å². The number of nitrogens with zero attached hydrogens (tertiary/aromatic N) is 2. The van der Waals surface area contributed by atoms with Crippen molar-refractivity contribution in [2.45, 2.75) is 32.0 Å². The number of halogens is 3. The van der Waals surface area contributed by atoms with Crippen LogP contribution in [-0.4, -0.2) is 35.7 Å². The maximum absolute atomic E-state index is 12.5. The average molecular weight is 414 g/mol. The Morgan fingerprint density at radius 1 is 1.21 bits per heavy atom. The van der Waals surface area contributed by atoms with Gasteiger partial charge in [-0.05, 0) is 49.4 Å². The zero-order chi connectivity index (χ0) is 20.0. The van der Waals surface area contributed by atoms with Crippen LogP contribution in [0.15, 0.2) is 36.0 Å². The van der Waals surface area contributed by atoms with Gasteiger partial charge in [-0.1, -0.05) is 0 Å². The number of carbonyl (C=O) groups is 1. The van der Waals surface area contributed by atoms with Crippen LogP contribution in [-0.2, 0) is 17.5 Å². The topological polar surface area (TPSA) is 51.7 Å². The van der Waals surface area contributed by atoms with Crippen LogP contribution in [0, 0.1) is 5.92 Å². The first-order valence-electron chi connectivity index (χ1n) is 9.01. The fourth-order valence-corrected chi connectivity index (χ4v) is 3.53. The fourth-order valence-electron chi connectivity index (χ4n) is 3.03. The third kappa shape index (κ3) is 5.85. The van der Waals surface area contributed by atoms with Gasteiger partial charge in [0.2, 0.25) is 0 Å². The molecule has 152 valence electrons. The molecule has 0 aliphatic carbocycles. The molecule has 1 aliphatic heterocycles. The first-order valence-corrected chi connectivity index (χ1v) is 9.89. The molecular weight excluding hydrogens is 393 g/mol. The van der Waals surface area contributed by atoms with Gasteiger partial charge >= 0.3 is 12.3 Å². The number of rotatable bonds is 6. The minimum absolute atomic E-state index is 0.240. The van der Waals surface area contributed by atoms with Crippen LogP contribution in [0.4, 0.5) is 18.0 Å². The van der Waals surface area contributed by atoms with Gasteiger partial charge in [-0.3, -0.25) is 4.98 Å². The summed E-state index contributed by atoms with van der Waals surface area (Å²) >= 11 is 1.44. The molecule has 1 aliphatic rings. The average Bonchev–Trinajstić information content (AvgIpc) is 3.20. The molecule has 1 aromatic carbocycles. The third-order valence-electron chi connectivity index (χ3n) is 4.67. The predicted octanol–water partition coefficient (Wildman–Crippen LogP) is 4.98. The summed E-state index contributed by atoms with van der Waals surface area (Å²) in [6, 6.07) is 4.71. The lowest BCUT2D eigenvalue weighted by atomic mass is 9.94. The molecule has 1 amide bonds. The normalized spacial score (nSPS) is 15.5. The number of hydrogen-bond acceptors (Lipinski definition) is 5. The third-order valence-corrected chi connectivity index (χ3v) is 5.42. The van der Waals surface area contributed by atoms with Crippen molar-refractivity contribution in [3.8, 4) is 5.75 Å². The van der Waals surface area contributed by atoms with Gasteiger partial charge in [0.1, 0.15) is 12.4 Å². The molecule has 0 atom stereocenters. The largest absolute Gasteiger partial charge is 0.494 e. The summed E-state index contributed by atoms with van der Waals surface area (Å²) in [7, 11) is 0. The number of benzene rings is 1. The van der Waals surface area contributed by atoms with E-state index in [0.717, 1.165) is 36.3 Å². The Bertz CT molecular complexity index is 743. The second-order valence-electron chi connectivity index (χ2n) is 6.61. The number of carbonyl (C=O) groups excluding carboxylic acids is 1. The van der Waals surface area contributed by atoms with Gasteiger partial charge in [-0.2, -0.15) is 13.2 Å². The molecule has 2 heterocycles. The summed E-state index contributed by atoms with van der Waals surface area (Å²) in [6.07, 6.45) is -0.467. The maximum Gasteiger partial charge on any atom is 0.416 e. The van der Waals surface area contributed by atoms with Crippen LogP contribution in [0.1, 0.15) is 29.7 Å². The zero-order valence-corrected chi connectivity index (χ0v) is 16.0. The van der Waals surface area contributed by atoms with E-state index in [1.807, 2.05) is 0 Å². The molecule has 2 aromatic rings. The van der Waals surface area contributed by atoms with Gasteiger partial charge in [0.15, 0.2) is 0 Å². The van der Waals surface area contributed by atoms with Crippen LogP contribution in [0.3, 0.4) is 0 Å². The Hall–Kier alpha value is -2.29. The van der Waals surface area contributed by atoms with Crippen molar-refractivity contribution in [1.82, 2.24) is 9.88 Å². The van der Waals surface area contributed by atoms with Crippen LogP contribution < -0.4 is 4.74 Å². The molecule has 0 saturated carbocycles. The molecule has 28 heavy (non-hydrogen) atoms. The first kappa shape index (κ1) is 20.4. The lowest BCUT2D eigenvalue weighted by Crippen LogP contribution is -2.39. The maximum atomic E-state index is 12.5. The molecule has 5 nitrogen and oxygen atoms in total. The standard InChI is InChI=1S/C19H21F3N2O3S/c20-19(21,22)15-1-3-16(4-2-15)26-10-7-14-5-8-24(9-6-14)18(25)27-12-17-11-23-13-28-17/h1-4,11,13-14H,5-10,12H2. The Morgan fingerprint density at radius 2 is 1.93 bits per heavy atom. The summed E-state index contributed by atoms with van der Waals surface area (Å²) < 4.78 is 48.5. The molecule has 0 unspecified atom stereocenters. The monoisotopic (exact) mass is 414 g/mol. The van der Waals surface area contributed by atoms with E-state index in [2.05, 4.69) is 4.98 Å². The van der Waals surface area contributed by atoms with Gasteiger partial charge < -0.3 is 14.4 Å². The molecule has 0 bridgehead atoms. The van der Waals surface area contributed by atoms with Gasteiger partial charge in [0.25, 0.3) is 0 Å². The number of amides is 1. The SMILES string of the molecule is O=C(OCc1cncs1)N1CCC(CCOc2ccc(C(F)(F)F)cc2)CC1. The number of piperidine rings is 1. The highest BCUT2D eigenvalue weighted by Gasteiger charge is 2.30. The lowest BCUT2D eigenvalue weighted by Gasteiger charge is -2.31. The minimum Gasteiger partial charge on any atom is -0.494 e. The molecule has 9 heteroatoms. The van der Waals surface area contributed by atoms with Crippen molar-refractivity contribution in [3.63, 3.8) is 0 Å². The zero-order valence-electron chi connectivity index (χ0n) is 15.2. The molecule has 3 rings (SSSR count). The van der Waals surface area contributed by atoms with E-state index in [1.54, 1.807) is 16.6 Å². The molecular formula is C19H21F3N2O3S. The molecule has 1 fully saturated rings. The number of ether oxygens (including phenoxy) is 2. The predicted molar refractivity (Wildman–Crippen MR) is 98.2 cm³/mol. The Labute approximate surface area is 165 Å². The van der Waals surface area contributed by atoms with Gasteiger partial charge in [0, 0.05) is 19.3 Å². The summed E-state index contributed by atoms with van der Waals surface area (Å²) in [5, 5.41) is 0. The Balaban J connectivity index is 1.33. The number of aromatic nitrogens is 1. The number of hydrogen-bond donors (Lipinski definition) is 0. The van der Waals surface area contributed by atoms with E-state index in [1.165, 1.54) is 23.5 Å². The molecule has 0 spiro atoms. The number of likely N-dealkylation sites (tertiary alicyclic amines) is 1. The van der Waals surface area contributed by atoms with Crippen molar-refractivity contribution < 1.29 is 27.4 Å². The van der Waals surface area contributed by atoms with E-state index >= 15 is 0 Å². The van der Waals surface area contributed by atoms with Gasteiger partial charge in [-0.15, -0.1) is 11.3 Å². The van der Waals surface area contributed by atoms with Crippen molar-refractivity contribution in [3.05, 3.63) is 46.4 Å². The van der Waals surface area contributed by atoms with E-state index in [-0.39, 0.29) is 12.7 Å². The molecule has 0 radical (unpaired) electrons. The summed E-state index contributed by atoms with van der Waals surface area (Å²) in [5.41, 5.74) is 1.01. The van der Waals surface area contributed by atoms with Crippen LogP contribution in [0.2, 0.25) is 0 Å². The molecule has 1 aromatic heterocycles. The first-order chi connectivity index (χ1) is 13.4. The highest BCUT2D eigenvalue weighted by molar-refractivity contribution is 7.09. The summed E-state index contributed by atoms with van der Waals surface area (Å²) in [4.78, 5) is 18.6. The quantitative estimate of drug-likeness (QED) is 0.669. The van der Waals surface area contributed by atoms with E-state index in [9.17, 15) is 18.0 Å². The van der Waals surface area contributed by atoms with E-state index in [4.69, 9.17) is 9.47 Å². The second kappa shape index (κ2) is 9.27. The minimum atomic E-state index is -4.34.